The summed E-state index contributed by atoms with van der Waals surface area (Å²) in [5.41, 5.74) is 0.154. The van der Waals surface area contributed by atoms with Crippen LogP contribution in [0.25, 0.3) is 11.2 Å². The summed E-state index contributed by atoms with van der Waals surface area (Å²) in [6.45, 7) is 0.260. The molecule has 0 aliphatic rings. The van der Waals surface area contributed by atoms with Crippen LogP contribution >= 0.6 is 15.9 Å². The fraction of sp³-hybridized carbons (Fsp3) is 0.154. The molecule has 0 saturated heterocycles. The molecule has 2 heterocycles. The second-order valence-corrected chi connectivity index (χ2v) is 5.30. The molecule has 0 bridgehead atoms. The molecule has 8 heteroatoms. The Kier molecular flexibility index (Phi) is 3.25. The van der Waals surface area contributed by atoms with Crippen LogP contribution in [0.3, 0.4) is 0 Å². The van der Waals surface area contributed by atoms with Gasteiger partial charge in [-0.15, -0.1) is 0 Å². The lowest BCUT2D eigenvalue weighted by Gasteiger charge is -2.06. The molecule has 0 atom stereocenters. The third-order valence-corrected chi connectivity index (χ3v) is 3.80. The summed E-state index contributed by atoms with van der Waals surface area (Å²) in [5, 5.41) is 0. The van der Waals surface area contributed by atoms with Gasteiger partial charge in [0.15, 0.2) is 15.9 Å². The molecule has 0 unspecified atom stereocenters. The van der Waals surface area contributed by atoms with Gasteiger partial charge in [0.2, 0.25) is 0 Å². The van der Waals surface area contributed by atoms with E-state index in [0.29, 0.717) is 10.3 Å². The normalized spacial score (nSPS) is 11.2. The summed E-state index contributed by atoms with van der Waals surface area (Å²) in [5.74, 6) is -0.352. The fourth-order valence-electron chi connectivity index (χ4n) is 2.17. The maximum Gasteiger partial charge on any atom is 0.329 e. The van der Waals surface area contributed by atoms with Crippen LogP contribution in [0.5, 0.6) is 0 Å². The molecule has 1 N–H and O–H groups in total. The van der Waals surface area contributed by atoms with Gasteiger partial charge >= 0.3 is 5.69 Å². The third kappa shape index (κ3) is 2.31. The zero-order valence-electron chi connectivity index (χ0n) is 10.9. The number of aryl methyl sites for hydroxylation is 1. The van der Waals surface area contributed by atoms with Crippen molar-refractivity contribution in [2.45, 2.75) is 6.54 Å². The highest BCUT2D eigenvalue weighted by atomic mass is 79.9. The van der Waals surface area contributed by atoms with Crippen molar-refractivity contribution in [3.05, 3.63) is 61.2 Å². The van der Waals surface area contributed by atoms with Gasteiger partial charge in [0.25, 0.3) is 5.56 Å². The summed E-state index contributed by atoms with van der Waals surface area (Å²) in [7, 11) is 1.52. The van der Waals surface area contributed by atoms with Crippen LogP contribution in [0.4, 0.5) is 4.39 Å². The molecule has 108 valence electrons. The molecule has 0 aliphatic carbocycles. The van der Waals surface area contributed by atoms with Gasteiger partial charge in [-0.25, -0.2) is 14.2 Å². The summed E-state index contributed by atoms with van der Waals surface area (Å²) in [6.07, 6.45) is 0. The van der Waals surface area contributed by atoms with Crippen molar-refractivity contribution in [1.82, 2.24) is 19.1 Å². The number of hydrogen-bond acceptors (Lipinski definition) is 3. The van der Waals surface area contributed by atoms with Gasteiger partial charge in [-0.2, -0.15) is 0 Å². The lowest BCUT2D eigenvalue weighted by atomic mass is 10.2. The van der Waals surface area contributed by atoms with Crippen LogP contribution < -0.4 is 11.2 Å². The monoisotopic (exact) mass is 352 g/mol. The number of H-pyrrole nitrogens is 1. The van der Waals surface area contributed by atoms with Crippen molar-refractivity contribution in [2.24, 2.45) is 7.05 Å². The van der Waals surface area contributed by atoms with Crippen molar-refractivity contribution in [3.8, 4) is 0 Å². The van der Waals surface area contributed by atoms with E-state index in [9.17, 15) is 14.0 Å². The number of aromatic amines is 1. The van der Waals surface area contributed by atoms with E-state index >= 15 is 0 Å². The molecule has 3 aromatic rings. The van der Waals surface area contributed by atoms with E-state index in [0.717, 1.165) is 0 Å². The minimum absolute atomic E-state index is 0.258. The van der Waals surface area contributed by atoms with Crippen molar-refractivity contribution >= 4 is 27.1 Å². The molecular weight excluding hydrogens is 343 g/mol. The molecule has 2 aromatic heterocycles. The van der Waals surface area contributed by atoms with Gasteiger partial charge in [0.05, 0.1) is 6.54 Å². The van der Waals surface area contributed by atoms with E-state index in [1.54, 1.807) is 16.7 Å². The first-order chi connectivity index (χ1) is 9.97. The number of nitrogens with one attached hydrogen (secondary N) is 1. The predicted molar refractivity (Wildman–Crippen MR) is 78.8 cm³/mol. The molecule has 0 spiro atoms. The van der Waals surface area contributed by atoms with Gasteiger partial charge in [0.1, 0.15) is 5.82 Å². The maximum absolute atomic E-state index is 13.3. The minimum atomic E-state index is -0.532. The highest BCUT2D eigenvalue weighted by Gasteiger charge is 2.16. The van der Waals surface area contributed by atoms with E-state index in [1.165, 1.54) is 23.7 Å². The second kappa shape index (κ2) is 4.96. The number of aromatic nitrogens is 4. The van der Waals surface area contributed by atoms with Gasteiger partial charge in [-0.1, -0.05) is 12.1 Å². The predicted octanol–water partition coefficient (Wildman–Crippen LogP) is 1.37. The van der Waals surface area contributed by atoms with Gasteiger partial charge in [0, 0.05) is 7.05 Å². The van der Waals surface area contributed by atoms with E-state index in [4.69, 9.17) is 0 Å². The standard InChI is InChI=1S/C13H10BrFN4O2/c1-18-10-9(11(20)17-13(18)21)19(12(14)16-10)6-7-3-2-4-8(15)5-7/h2-5H,6H2,1H3,(H,17,20,21). The topological polar surface area (TPSA) is 72.7 Å². The Labute approximate surface area is 126 Å². The quantitative estimate of drug-likeness (QED) is 0.708. The van der Waals surface area contributed by atoms with Crippen molar-refractivity contribution < 1.29 is 4.39 Å². The Morgan fingerprint density at radius 3 is 2.86 bits per heavy atom. The molecule has 0 saturated carbocycles. The molecule has 3 rings (SSSR count). The van der Waals surface area contributed by atoms with Crippen LogP contribution in [-0.2, 0) is 13.6 Å². The molecular formula is C13H10BrFN4O2. The summed E-state index contributed by atoms with van der Waals surface area (Å²) >= 11 is 3.27. The number of imidazole rings is 1. The smallest absolute Gasteiger partial charge is 0.308 e. The molecule has 6 nitrogen and oxygen atoms in total. The first kappa shape index (κ1) is 13.7. The van der Waals surface area contributed by atoms with Crippen LogP contribution in [0, 0.1) is 5.82 Å². The minimum Gasteiger partial charge on any atom is -0.308 e. The number of halogens is 2. The van der Waals surface area contributed by atoms with Crippen LogP contribution in [0.15, 0.2) is 38.6 Å². The highest BCUT2D eigenvalue weighted by molar-refractivity contribution is 9.10. The van der Waals surface area contributed by atoms with E-state index in [2.05, 4.69) is 25.9 Å². The number of benzene rings is 1. The molecule has 0 radical (unpaired) electrons. The Bertz CT molecular complexity index is 957. The van der Waals surface area contributed by atoms with Crippen LogP contribution in [-0.4, -0.2) is 19.1 Å². The third-order valence-electron chi connectivity index (χ3n) is 3.19. The molecule has 0 fully saturated rings. The summed E-state index contributed by atoms with van der Waals surface area (Å²) in [6, 6.07) is 6.07. The van der Waals surface area contributed by atoms with Crippen molar-refractivity contribution in [3.63, 3.8) is 0 Å². The van der Waals surface area contributed by atoms with Crippen LogP contribution in [0.2, 0.25) is 0 Å². The number of hydrogen-bond donors (Lipinski definition) is 1. The van der Waals surface area contributed by atoms with Gasteiger partial charge in [-0.05, 0) is 33.6 Å². The average Bonchev–Trinajstić information content (AvgIpc) is 2.74. The SMILES string of the molecule is Cn1c(=O)[nH]c(=O)c2c1nc(Br)n2Cc1cccc(F)c1. The molecule has 0 amide bonds. The molecule has 21 heavy (non-hydrogen) atoms. The van der Waals surface area contributed by atoms with E-state index in [1.807, 2.05) is 0 Å². The van der Waals surface area contributed by atoms with E-state index in [-0.39, 0.29) is 23.5 Å². The maximum atomic E-state index is 13.3. The number of rotatable bonds is 2. The first-order valence-corrected chi connectivity index (χ1v) is 6.86. The van der Waals surface area contributed by atoms with Crippen molar-refractivity contribution in [2.75, 3.05) is 0 Å². The lowest BCUT2D eigenvalue weighted by molar-refractivity contribution is 0.623. The van der Waals surface area contributed by atoms with Gasteiger partial charge < -0.3 is 4.57 Å². The zero-order valence-corrected chi connectivity index (χ0v) is 12.5. The lowest BCUT2D eigenvalue weighted by Crippen LogP contribution is -2.29. The number of fused-ring (bicyclic) bond motifs is 1. The Balaban J connectivity index is 2.24. The fourth-order valence-corrected chi connectivity index (χ4v) is 2.64. The summed E-state index contributed by atoms with van der Waals surface area (Å²) < 4.78 is 16.5. The van der Waals surface area contributed by atoms with E-state index < -0.39 is 11.2 Å². The number of nitrogens with zero attached hydrogens (tertiary/aromatic N) is 3. The summed E-state index contributed by atoms with van der Waals surface area (Å²) in [4.78, 5) is 30.0. The Hall–Kier alpha value is -2.22. The largest absolute Gasteiger partial charge is 0.329 e. The highest BCUT2D eigenvalue weighted by Crippen LogP contribution is 2.18. The molecule has 1 aromatic carbocycles. The van der Waals surface area contributed by atoms with Crippen molar-refractivity contribution in [1.29, 1.82) is 0 Å². The molecule has 0 aliphatic heterocycles. The Morgan fingerprint density at radius 2 is 2.14 bits per heavy atom. The van der Waals surface area contributed by atoms with Crippen LogP contribution in [0.1, 0.15) is 5.56 Å². The average molecular weight is 353 g/mol. The van der Waals surface area contributed by atoms with Gasteiger partial charge in [-0.3, -0.25) is 14.3 Å². The second-order valence-electron chi connectivity index (χ2n) is 4.59. The zero-order chi connectivity index (χ0) is 15.1. The first-order valence-electron chi connectivity index (χ1n) is 6.07. The Morgan fingerprint density at radius 1 is 1.38 bits per heavy atom.